The lowest BCUT2D eigenvalue weighted by Gasteiger charge is -2.02. The maximum atomic E-state index is 12.7. The van der Waals surface area contributed by atoms with Gasteiger partial charge >= 0.3 is 0 Å². The van der Waals surface area contributed by atoms with Gasteiger partial charge in [-0.2, -0.15) is 5.26 Å². The predicted octanol–water partition coefficient (Wildman–Crippen LogP) is 3.05. The van der Waals surface area contributed by atoms with Crippen molar-refractivity contribution < 1.29 is 4.39 Å². The normalized spacial score (nSPS) is 10.1. The second kappa shape index (κ2) is 5.58. The second-order valence-electron chi connectivity index (χ2n) is 3.61. The average molecular weight is 246 g/mol. The number of nitriles is 1. The van der Waals surface area contributed by atoms with Gasteiger partial charge in [0.15, 0.2) is 0 Å². The molecule has 0 radical (unpaired) electrons. The van der Waals surface area contributed by atoms with Crippen LogP contribution in [0.4, 0.5) is 4.39 Å². The molecule has 0 aliphatic carbocycles. The van der Waals surface area contributed by atoms with E-state index < -0.39 is 0 Å². The van der Waals surface area contributed by atoms with Crippen LogP contribution in [-0.4, -0.2) is 0 Å². The second-order valence-corrected chi connectivity index (χ2v) is 4.78. The van der Waals surface area contributed by atoms with Gasteiger partial charge in [-0.1, -0.05) is 12.1 Å². The zero-order chi connectivity index (χ0) is 12.1. The minimum atomic E-state index is -0.217. The van der Waals surface area contributed by atoms with E-state index in [-0.39, 0.29) is 5.82 Å². The first kappa shape index (κ1) is 11.8. The van der Waals surface area contributed by atoms with Crippen LogP contribution < -0.4 is 5.32 Å². The van der Waals surface area contributed by atoms with Crippen molar-refractivity contribution >= 4 is 11.3 Å². The van der Waals surface area contributed by atoms with Crippen LogP contribution in [-0.2, 0) is 13.1 Å². The third-order valence-corrected chi connectivity index (χ3v) is 3.30. The van der Waals surface area contributed by atoms with E-state index in [1.54, 1.807) is 12.1 Å². The topological polar surface area (TPSA) is 35.8 Å². The van der Waals surface area contributed by atoms with E-state index in [1.165, 1.54) is 23.5 Å². The van der Waals surface area contributed by atoms with Crippen molar-refractivity contribution in [3.63, 3.8) is 0 Å². The van der Waals surface area contributed by atoms with Crippen LogP contribution in [0.5, 0.6) is 0 Å². The lowest BCUT2D eigenvalue weighted by Crippen LogP contribution is -2.11. The molecule has 0 amide bonds. The van der Waals surface area contributed by atoms with E-state index in [0.717, 1.165) is 21.9 Å². The molecule has 2 nitrogen and oxygen atoms in total. The van der Waals surface area contributed by atoms with Crippen molar-refractivity contribution in [1.29, 1.82) is 5.26 Å². The fourth-order valence-electron chi connectivity index (χ4n) is 1.47. The van der Waals surface area contributed by atoms with Crippen molar-refractivity contribution in [3.8, 4) is 6.07 Å². The summed E-state index contributed by atoms with van der Waals surface area (Å²) >= 11 is 1.49. The van der Waals surface area contributed by atoms with Gasteiger partial charge in [0.25, 0.3) is 0 Å². The van der Waals surface area contributed by atoms with Gasteiger partial charge < -0.3 is 5.32 Å². The molecule has 1 aromatic heterocycles. The van der Waals surface area contributed by atoms with Crippen molar-refractivity contribution in [2.45, 2.75) is 13.1 Å². The molecule has 4 heteroatoms. The van der Waals surface area contributed by atoms with Gasteiger partial charge in [0.1, 0.15) is 16.8 Å². The SMILES string of the molecule is N#Cc1ccc(CNCc2ccc(F)cc2)s1. The van der Waals surface area contributed by atoms with Crippen LogP contribution >= 0.6 is 11.3 Å². The quantitative estimate of drug-likeness (QED) is 0.900. The Hall–Kier alpha value is -1.70. The molecule has 1 aromatic carbocycles. The summed E-state index contributed by atoms with van der Waals surface area (Å²) < 4.78 is 12.7. The molecule has 0 fully saturated rings. The van der Waals surface area contributed by atoms with E-state index in [1.807, 2.05) is 12.1 Å². The van der Waals surface area contributed by atoms with Gasteiger partial charge in [0, 0.05) is 18.0 Å². The highest BCUT2D eigenvalue weighted by Gasteiger charge is 1.99. The molecule has 2 rings (SSSR count). The summed E-state index contributed by atoms with van der Waals surface area (Å²) in [5.74, 6) is -0.217. The fourth-order valence-corrected chi connectivity index (χ4v) is 2.24. The lowest BCUT2D eigenvalue weighted by molar-refractivity contribution is 0.625. The fraction of sp³-hybridized carbons (Fsp3) is 0.154. The van der Waals surface area contributed by atoms with E-state index in [9.17, 15) is 4.39 Å². The minimum Gasteiger partial charge on any atom is -0.308 e. The van der Waals surface area contributed by atoms with Crippen LogP contribution in [0.3, 0.4) is 0 Å². The number of thiophene rings is 1. The third kappa shape index (κ3) is 3.38. The summed E-state index contributed by atoms with van der Waals surface area (Å²) in [7, 11) is 0. The molecule has 0 saturated carbocycles. The lowest BCUT2D eigenvalue weighted by atomic mass is 10.2. The van der Waals surface area contributed by atoms with E-state index >= 15 is 0 Å². The summed E-state index contributed by atoms with van der Waals surface area (Å²) in [6.45, 7) is 1.42. The number of nitrogens with one attached hydrogen (secondary N) is 1. The number of benzene rings is 1. The zero-order valence-electron chi connectivity index (χ0n) is 9.11. The van der Waals surface area contributed by atoms with Gasteiger partial charge in [0.2, 0.25) is 0 Å². The van der Waals surface area contributed by atoms with Gasteiger partial charge in [0.05, 0.1) is 0 Å². The largest absolute Gasteiger partial charge is 0.308 e. The molecular formula is C13H11FN2S. The summed E-state index contributed by atoms with van der Waals surface area (Å²) in [5.41, 5.74) is 1.04. The molecule has 86 valence electrons. The molecule has 0 atom stereocenters. The summed E-state index contributed by atoms with van der Waals surface area (Å²) in [5, 5.41) is 11.9. The first-order chi connectivity index (χ1) is 8.28. The van der Waals surface area contributed by atoms with Crippen LogP contribution in [0.25, 0.3) is 0 Å². The van der Waals surface area contributed by atoms with Gasteiger partial charge in [-0.25, -0.2) is 4.39 Å². The molecule has 2 aromatic rings. The van der Waals surface area contributed by atoms with E-state index in [0.29, 0.717) is 6.54 Å². The van der Waals surface area contributed by atoms with Crippen LogP contribution in [0.15, 0.2) is 36.4 Å². The molecule has 1 heterocycles. The molecule has 17 heavy (non-hydrogen) atoms. The van der Waals surface area contributed by atoms with Crippen LogP contribution in [0.2, 0.25) is 0 Å². The van der Waals surface area contributed by atoms with E-state index in [2.05, 4.69) is 11.4 Å². The molecule has 1 N–H and O–H groups in total. The number of rotatable bonds is 4. The molecule has 0 bridgehead atoms. The Kier molecular flexibility index (Phi) is 3.86. The molecular weight excluding hydrogens is 235 g/mol. The number of nitrogens with zero attached hydrogens (tertiary/aromatic N) is 1. The van der Waals surface area contributed by atoms with Gasteiger partial charge in [-0.3, -0.25) is 0 Å². The number of halogens is 1. The average Bonchev–Trinajstić information content (AvgIpc) is 2.80. The Morgan fingerprint density at radius 2 is 1.88 bits per heavy atom. The Labute approximate surface area is 103 Å². The number of hydrogen-bond donors (Lipinski definition) is 1. The highest BCUT2D eigenvalue weighted by Crippen LogP contribution is 2.15. The number of hydrogen-bond acceptors (Lipinski definition) is 3. The molecule has 0 aliphatic rings. The highest BCUT2D eigenvalue weighted by molar-refractivity contribution is 7.12. The third-order valence-electron chi connectivity index (χ3n) is 2.31. The van der Waals surface area contributed by atoms with Crippen molar-refractivity contribution in [2.24, 2.45) is 0 Å². The Balaban J connectivity index is 1.83. The molecule has 0 spiro atoms. The summed E-state index contributed by atoms with van der Waals surface area (Å²) in [4.78, 5) is 1.85. The standard InChI is InChI=1S/C13H11FN2S/c14-11-3-1-10(2-4-11)8-16-9-13-6-5-12(7-15)17-13/h1-6,16H,8-9H2. The van der Waals surface area contributed by atoms with Crippen molar-refractivity contribution in [3.05, 3.63) is 57.5 Å². The molecule has 0 aliphatic heterocycles. The monoisotopic (exact) mass is 246 g/mol. The Morgan fingerprint density at radius 3 is 2.53 bits per heavy atom. The summed E-state index contributed by atoms with van der Waals surface area (Å²) in [6.07, 6.45) is 0. The predicted molar refractivity (Wildman–Crippen MR) is 66.0 cm³/mol. The molecule has 0 unspecified atom stereocenters. The maximum absolute atomic E-state index is 12.7. The highest BCUT2D eigenvalue weighted by atomic mass is 32.1. The first-order valence-electron chi connectivity index (χ1n) is 5.22. The van der Waals surface area contributed by atoms with Crippen molar-refractivity contribution in [2.75, 3.05) is 0 Å². The minimum absolute atomic E-state index is 0.217. The Morgan fingerprint density at radius 1 is 1.12 bits per heavy atom. The smallest absolute Gasteiger partial charge is 0.123 e. The summed E-state index contributed by atoms with van der Waals surface area (Å²) in [6, 6.07) is 12.3. The Bertz CT molecular complexity index is 525. The van der Waals surface area contributed by atoms with Crippen LogP contribution in [0, 0.1) is 17.1 Å². The molecule has 0 saturated heterocycles. The van der Waals surface area contributed by atoms with Crippen LogP contribution in [0.1, 0.15) is 15.3 Å². The maximum Gasteiger partial charge on any atom is 0.123 e. The zero-order valence-corrected chi connectivity index (χ0v) is 9.93. The first-order valence-corrected chi connectivity index (χ1v) is 6.03. The van der Waals surface area contributed by atoms with Gasteiger partial charge in [-0.05, 0) is 29.8 Å². The van der Waals surface area contributed by atoms with E-state index in [4.69, 9.17) is 5.26 Å². The van der Waals surface area contributed by atoms with Gasteiger partial charge in [-0.15, -0.1) is 11.3 Å². The van der Waals surface area contributed by atoms with Crippen molar-refractivity contribution in [1.82, 2.24) is 5.32 Å².